The number of carbonyl (C=O) groups is 2. The van der Waals surface area contributed by atoms with E-state index in [9.17, 15) is 9.59 Å². The Hall–Kier alpha value is -2.45. The van der Waals surface area contributed by atoms with Gasteiger partial charge in [0.05, 0.1) is 24.5 Å². The van der Waals surface area contributed by atoms with Crippen LogP contribution in [0.4, 0.5) is 10.8 Å². The van der Waals surface area contributed by atoms with Gasteiger partial charge >= 0.3 is 0 Å². The lowest BCUT2D eigenvalue weighted by Crippen LogP contribution is -2.36. The molecule has 0 saturated heterocycles. The Balaban J connectivity index is 1.33. The normalized spacial score (nSPS) is 16.6. The molecule has 1 aromatic heterocycles. The molecule has 7 nitrogen and oxygen atoms in total. The predicted molar refractivity (Wildman–Crippen MR) is 113 cm³/mol. The molecular weight excluding hydrogens is 388 g/mol. The van der Waals surface area contributed by atoms with Gasteiger partial charge in [-0.05, 0) is 31.9 Å². The summed E-state index contributed by atoms with van der Waals surface area (Å²) in [5.41, 5.74) is 1.73. The van der Waals surface area contributed by atoms with Crippen molar-refractivity contribution in [2.24, 2.45) is 5.92 Å². The summed E-state index contributed by atoms with van der Waals surface area (Å²) in [5.74, 6) is 0.851. The number of nitrogens with one attached hydrogen (secondary N) is 2. The zero-order valence-electron chi connectivity index (χ0n) is 16.6. The lowest BCUT2D eigenvalue weighted by molar-refractivity contribution is -0.122. The fraction of sp³-hybridized carbons (Fsp3) is 0.476. The summed E-state index contributed by atoms with van der Waals surface area (Å²) < 4.78 is 5.57. The second-order valence-electron chi connectivity index (χ2n) is 7.44. The second kappa shape index (κ2) is 8.92. The summed E-state index contributed by atoms with van der Waals surface area (Å²) >= 11 is 1.52. The molecule has 0 spiro atoms. The average molecular weight is 415 g/mol. The number of anilines is 2. The summed E-state index contributed by atoms with van der Waals surface area (Å²) in [4.78, 5) is 32.5. The van der Waals surface area contributed by atoms with Gasteiger partial charge in [0.1, 0.15) is 5.75 Å². The molecule has 0 radical (unpaired) electrons. The van der Waals surface area contributed by atoms with Crippen LogP contribution in [0.1, 0.15) is 36.8 Å². The van der Waals surface area contributed by atoms with Crippen molar-refractivity contribution in [2.75, 3.05) is 30.3 Å². The molecule has 2 aliphatic rings. The first kappa shape index (κ1) is 19.8. The van der Waals surface area contributed by atoms with E-state index in [-0.39, 0.29) is 17.7 Å². The number of benzene rings is 1. The molecule has 2 amide bonds. The van der Waals surface area contributed by atoms with E-state index in [4.69, 9.17) is 4.74 Å². The molecule has 1 fully saturated rings. The summed E-state index contributed by atoms with van der Waals surface area (Å²) in [7, 11) is 0. The summed E-state index contributed by atoms with van der Waals surface area (Å²) in [6.07, 6.45) is 3.88. The summed E-state index contributed by atoms with van der Waals surface area (Å²) in [5, 5.41) is 6.60. The predicted octanol–water partition coefficient (Wildman–Crippen LogP) is 3.28. The highest BCUT2D eigenvalue weighted by Gasteiger charge is 2.27. The van der Waals surface area contributed by atoms with Gasteiger partial charge in [0.2, 0.25) is 11.8 Å². The molecule has 29 heavy (non-hydrogen) atoms. The third-order valence-corrected chi connectivity index (χ3v) is 6.34. The van der Waals surface area contributed by atoms with Crippen LogP contribution in [0.25, 0.3) is 0 Å². The van der Waals surface area contributed by atoms with Crippen LogP contribution in [0.5, 0.6) is 5.75 Å². The molecular formula is C21H26N4O3S. The van der Waals surface area contributed by atoms with Crippen LogP contribution in [0, 0.1) is 5.92 Å². The number of amides is 2. The Labute approximate surface area is 174 Å². The Morgan fingerprint density at radius 2 is 2.10 bits per heavy atom. The monoisotopic (exact) mass is 414 g/mol. The van der Waals surface area contributed by atoms with E-state index < -0.39 is 0 Å². The minimum atomic E-state index is -0.0661. The van der Waals surface area contributed by atoms with Crippen LogP contribution < -0.4 is 15.4 Å². The van der Waals surface area contributed by atoms with E-state index in [1.54, 1.807) is 0 Å². The van der Waals surface area contributed by atoms with Gasteiger partial charge in [0.25, 0.3) is 0 Å². The molecule has 1 aliphatic carbocycles. The molecule has 2 N–H and O–H groups in total. The maximum Gasteiger partial charge on any atom is 0.238 e. The molecule has 2 heterocycles. The van der Waals surface area contributed by atoms with Gasteiger partial charge in [0, 0.05) is 30.3 Å². The van der Waals surface area contributed by atoms with E-state index in [0.717, 1.165) is 42.8 Å². The van der Waals surface area contributed by atoms with Crippen LogP contribution in [-0.2, 0) is 22.6 Å². The largest absolute Gasteiger partial charge is 0.492 e. The molecule has 4 rings (SSSR count). The number of hydrogen-bond acceptors (Lipinski definition) is 6. The van der Waals surface area contributed by atoms with Crippen LogP contribution in [0.3, 0.4) is 0 Å². The number of fused-ring (bicyclic) bond motifs is 1. The van der Waals surface area contributed by atoms with Gasteiger partial charge < -0.3 is 15.4 Å². The van der Waals surface area contributed by atoms with Gasteiger partial charge in [-0.3, -0.25) is 14.5 Å². The van der Waals surface area contributed by atoms with Crippen molar-refractivity contribution in [1.82, 2.24) is 9.88 Å². The molecule has 0 bridgehead atoms. The number of carbonyl (C=O) groups excluding carboxylic acids is 2. The SMILES string of the molecule is CCOc1ccccc1NC(=O)CN1CCc2nc(NC(=O)C3CCC3)sc2C1. The minimum Gasteiger partial charge on any atom is -0.492 e. The molecule has 154 valence electrons. The van der Waals surface area contributed by atoms with E-state index >= 15 is 0 Å². The maximum atomic E-state index is 12.5. The number of ether oxygens (including phenoxy) is 1. The van der Waals surface area contributed by atoms with Crippen molar-refractivity contribution in [3.8, 4) is 5.75 Å². The van der Waals surface area contributed by atoms with E-state index in [2.05, 4.69) is 20.5 Å². The van der Waals surface area contributed by atoms with Crippen molar-refractivity contribution in [3.63, 3.8) is 0 Å². The van der Waals surface area contributed by atoms with Crippen LogP contribution in [-0.4, -0.2) is 41.4 Å². The Morgan fingerprint density at radius 3 is 2.86 bits per heavy atom. The van der Waals surface area contributed by atoms with Gasteiger partial charge in [-0.1, -0.05) is 18.6 Å². The van der Waals surface area contributed by atoms with Crippen molar-refractivity contribution in [2.45, 2.75) is 39.2 Å². The average Bonchev–Trinajstić information content (AvgIpc) is 3.03. The van der Waals surface area contributed by atoms with E-state index in [1.165, 1.54) is 11.3 Å². The minimum absolute atomic E-state index is 0.0661. The van der Waals surface area contributed by atoms with Crippen LogP contribution in [0.2, 0.25) is 0 Å². The third kappa shape index (κ3) is 4.76. The van der Waals surface area contributed by atoms with Crippen LogP contribution in [0.15, 0.2) is 24.3 Å². The molecule has 1 aromatic carbocycles. The molecule has 0 unspecified atom stereocenters. The summed E-state index contributed by atoms with van der Waals surface area (Å²) in [6.45, 7) is 4.22. The van der Waals surface area contributed by atoms with E-state index in [0.29, 0.717) is 36.3 Å². The highest BCUT2D eigenvalue weighted by Crippen LogP contribution is 2.31. The second-order valence-corrected chi connectivity index (χ2v) is 8.53. The highest BCUT2D eigenvalue weighted by molar-refractivity contribution is 7.15. The molecule has 0 atom stereocenters. The molecule has 1 saturated carbocycles. The first-order valence-corrected chi connectivity index (χ1v) is 11.0. The molecule has 2 aromatic rings. The zero-order chi connectivity index (χ0) is 20.2. The number of thiazole rings is 1. The Kier molecular flexibility index (Phi) is 6.10. The fourth-order valence-electron chi connectivity index (χ4n) is 3.56. The fourth-order valence-corrected chi connectivity index (χ4v) is 4.61. The van der Waals surface area contributed by atoms with E-state index in [1.807, 2.05) is 31.2 Å². The smallest absolute Gasteiger partial charge is 0.238 e. The summed E-state index contributed by atoms with van der Waals surface area (Å²) in [6, 6.07) is 7.46. The van der Waals surface area contributed by atoms with Crippen molar-refractivity contribution >= 4 is 34.0 Å². The number of para-hydroxylation sites is 2. The standard InChI is InChI=1S/C21H26N4O3S/c1-2-28-17-9-4-3-8-15(17)22-19(26)13-25-11-10-16-18(12-25)29-21(23-16)24-20(27)14-6-5-7-14/h3-4,8-9,14H,2,5-7,10-13H2,1H3,(H,22,26)(H,23,24,27). The lowest BCUT2D eigenvalue weighted by Gasteiger charge is -2.25. The first-order chi connectivity index (χ1) is 14.1. The van der Waals surface area contributed by atoms with Gasteiger partial charge in [-0.25, -0.2) is 4.98 Å². The van der Waals surface area contributed by atoms with Gasteiger partial charge in [-0.2, -0.15) is 0 Å². The van der Waals surface area contributed by atoms with Gasteiger partial charge in [0.15, 0.2) is 5.13 Å². The Morgan fingerprint density at radius 1 is 1.28 bits per heavy atom. The molecule has 8 heteroatoms. The number of hydrogen-bond donors (Lipinski definition) is 2. The van der Waals surface area contributed by atoms with Crippen molar-refractivity contribution in [1.29, 1.82) is 0 Å². The maximum absolute atomic E-state index is 12.5. The van der Waals surface area contributed by atoms with Crippen molar-refractivity contribution < 1.29 is 14.3 Å². The molecule has 1 aliphatic heterocycles. The lowest BCUT2D eigenvalue weighted by atomic mass is 9.85. The van der Waals surface area contributed by atoms with Crippen molar-refractivity contribution in [3.05, 3.63) is 34.8 Å². The van der Waals surface area contributed by atoms with Crippen LogP contribution >= 0.6 is 11.3 Å². The highest BCUT2D eigenvalue weighted by atomic mass is 32.1. The zero-order valence-corrected chi connectivity index (χ0v) is 17.4. The number of rotatable bonds is 7. The topological polar surface area (TPSA) is 83.6 Å². The number of aromatic nitrogens is 1. The quantitative estimate of drug-likeness (QED) is 0.726. The van der Waals surface area contributed by atoms with Gasteiger partial charge in [-0.15, -0.1) is 11.3 Å². The first-order valence-electron chi connectivity index (χ1n) is 10.2. The number of nitrogens with zero attached hydrogens (tertiary/aromatic N) is 2. The third-order valence-electron chi connectivity index (χ3n) is 5.34. The Bertz CT molecular complexity index is 894.